The summed E-state index contributed by atoms with van der Waals surface area (Å²) in [7, 11) is 6.73. The van der Waals surface area contributed by atoms with Crippen LogP contribution >= 0.6 is 0 Å². The number of amides is 1. The van der Waals surface area contributed by atoms with Crippen LogP contribution in [0.2, 0.25) is 0 Å². The van der Waals surface area contributed by atoms with Crippen LogP contribution in [0.4, 0.5) is 5.69 Å². The third-order valence-electron chi connectivity index (χ3n) is 8.53. The van der Waals surface area contributed by atoms with Gasteiger partial charge in [0.2, 0.25) is 0 Å². The lowest BCUT2D eigenvalue weighted by atomic mass is 9.48. The van der Waals surface area contributed by atoms with Crippen LogP contribution in [0.15, 0.2) is 28.6 Å². The summed E-state index contributed by atoms with van der Waals surface area (Å²) in [6.07, 6.45) is -0.0379. The zero-order valence-electron chi connectivity index (χ0n) is 20.6. The zero-order valence-corrected chi connectivity index (χ0v) is 20.6. The molecule has 4 aliphatic rings. The molecular formula is C24H31N5O7. The van der Waals surface area contributed by atoms with E-state index in [0.717, 1.165) is 0 Å². The number of aromatic hydroxyl groups is 1. The summed E-state index contributed by atoms with van der Waals surface area (Å²) < 4.78 is 0. The maximum absolute atomic E-state index is 14.0. The Morgan fingerprint density at radius 2 is 1.78 bits per heavy atom. The number of anilines is 1. The summed E-state index contributed by atoms with van der Waals surface area (Å²) in [5.41, 5.74) is 1.20. The zero-order chi connectivity index (χ0) is 26.7. The Balaban J connectivity index is 1.81. The van der Waals surface area contributed by atoms with Crippen molar-refractivity contribution in [1.82, 2.24) is 10.3 Å². The van der Waals surface area contributed by atoms with E-state index in [1.807, 2.05) is 0 Å². The van der Waals surface area contributed by atoms with Gasteiger partial charge in [0.25, 0.3) is 5.91 Å². The van der Waals surface area contributed by atoms with Crippen molar-refractivity contribution in [2.24, 2.45) is 28.6 Å². The van der Waals surface area contributed by atoms with E-state index in [0.29, 0.717) is 5.69 Å². The maximum atomic E-state index is 14.0. The number of carbonyl (C=O) groups is 2. The van der Waals surface area contributed by atoms with Crippen LogP contribution < -0.4 is 16.1 Å². The van der Waals surface area contributed by atoms with Crippen LogP contribution in [0.5, 0.6) is 5.75 Å². The number of hydrogen-bond donors (Lipinski definition) is 7. The monoisotopic (exact) mass is 501 g/mol. The molecule has 7 atom stereocenters. The lowest BCUT2D eigenvalue weighted by Crippen LogP contribution is -2.79. The second kappa shape index (κ2) is 7.19. The molecule has 0 radical (unpaired) electrons. The van der Waals surface area contributed by atoms with Gasteiger partial charge in [0.1, 0.15) is 22.8 Å². The van der Waals surface area contributed by atoms with Gasteiger partial charge in [-0.1, -0.05) is 0 Å². The number of nitrogens with zero attached hydrogens (tertiary/aromatic N) is 3. The SMILES string of the molecule is CN(C)c1ccc(O)c2c1[C@@](C)(O)[C@H]1C[C@H]3[C@H](N(C)C)C(O)=C(C(N)=O)C4=NN[C@@](O)(C1C2=O)[C@]43O. The van der Waals surface area contributed by atoms with Gasteiger partial charge in [-0.05, 0) is 39.6 Å². The third-order valence-corrected chi connectivity index (χ3v) is 8.53. The highest BCUT2D eigenvalue weighted by molar-refractivity contribution is 6.26. The molecular weight excluding hydrogens is 470 g/mol. The van der Waals surface area contributed by atoms with E-state index in [1.165, 1.54) is 13.0 Å². The molecule has 1 aliphatic heterocycles. The van der Waals surface area contributed by atoms with Crippen molar-refractivity contribution < 1.29 is 35.1 Å². The summed E-state index contributed by atoms with van der Waals surface area (Å²) in [4.78, 5) is 29.6. The van der Waals surface area contributed by atoms with Crippen molar-refractivity contribution in [1.29, 1.82) is 0 Å². The summed E-state index contributed by atoms with van der Waals surface area (Å²) in [6, 6.07) is 1.94. The standard InChI is InChI=1S/C24H31N5O7/c1-22(34)9-8-10-17(29(4)5)19(32)14(21(25)33)20-23(10,35)24(36,27-26-20)15(9)18(31)13-12(30)7-6-11(16(13)22)28(2)3/h6-7,9-10,15,17,27,30,32,34-36H,8H2,1-5H3,(H2,25,33)/t9-,10-,15?,17-,22-,23+,24+/m0/s1. The molecule has 0 spiro atoms. The Morgan fingerprint density at radius 3 is 2.33 bits per heavy atom. The van der Waals surface area contributed by atoms with Gasteiger partial charge in [0.15, 0.2) is 17.1 Å². The molecule has 1 heterocycles. The second-order valence-electron chi connectivity index (χ2n) is 10.8. The Kier molecular flexibility index (Phi) is 4.89. The largest absolute Gasteiger partial charge is 0.510 e. The van der Waals surface area contributed by atoms with E-state index < -0.39 is 63.7 Å². The fraction of sp³-hybridized carbons (Fsp3) is 0.542. The lowest BCUT2D eigenvalue weighted by molar-refractivity contribution is -0.237. The smallest absolute Gasteiger partial charge is 0.254 e. The number of hydrogen-bond acceptors (Lipinski definition) is 11. The van der Waals surface area contributed by atoms with Gasteiger partial charge < -0.3 is 36.2 Å². The van der Waals surface area contributed by atoms with Gasteiger partial charge >= 0.3 is 0 Å². The average molecular weight is 502 g/mol. The minimum atomic E-state index is -2.48. The second-order valence-corrected chi connectivity index (χ2v) is 10.8. The fourth-order valence-electron chi connectivity index (χ4n) is 7.02. The van der Waals surface area contributed by atoms with Crippen LogP contribution in [0, 0.1) is 17.8 Å². The van der Waals surface area contributed by atoms with E-state index in [2.05, 4.69) is 10.5 Å². The highest BCUT2D eigenvalue weighted by Gasteiger charge is 2.77. The number of benzene rings is 1. The quantitative estimate of drug-likeness (QED) is 0.263. The normalized spacial score (nSPS) is 38.7. The molecule has 1 saturated carbocycles. The predicted molar refractivity (Wildman–Crippen MR) is 128 cm³/mol. The number of Topliss-reactive ketones (excluding diaryl/α,β-unsaturated/α-hetero) is 1. The van der Waals surface area contributed by atoms with Crippen molar-refractivity contribution in [2.45, 2.75) is 36.3 Å². The summed E-state index contributed by atoms with van der Waals surface area (Å²) in [5.74, 6) is -5.98. The number of nitrogens with two attached hydrogens (primary N) is 1. The summed E-state index contributed by atoms with van der Waals surface area (Å²) >= 11 is 0. The maximum Gasteiger partial charge on any atom is 0.254 e. The van der Waals surface area contributed by atoms with Gasteiger partial charge in [-0.2, -0.15) is 5.10 Å². The third kappa shape index (κ3) is 2.59. The molecule has 8 N–H and O–H groups in total. The Bertz CT molecular complexity index is 1270. The first-order valence-corrected chi connectivity index (χ1v) is 11.6. The van der Waals surface area contributed by atoms with E-state index in [4.69, 9.17) is 5.73 Å². The molecule has 0 bridgehead atoms. The molecule has 1 fully saturated rings. The topological polar surface area (TPSA) is 192 Å². The van der Waals surface area contributed by atoms with Crippen LogP contribution in [-0.4, -0.2) is 93.4 Å². The number of nitrogens with one attached hydrogen (secondary N) is 1. The van der Waals surface area contributed by atoms with Crippen LogP contribution in [0.1, 0.15) is 29.3 Å². The number of aliphatic hydroxyl groups excluding tert-OH is 1. The molecule has 12 heteroatoms. The number of carbonyl (C=O) groups excluding carboxylic acids is 2. The fourth-order valence-corrected chi connectivity index (χ4v) is 7.02. The van der Waals surface area contributed by atoms with E-state index >= 15 is 0 Å². The molecule has 1 unspecified atom stereocenters. The highest BCUT2D eigenvalue weighted by Crippen LogP contribution is 2.62. The van der Waals surface area contributed by atoms with Crippen LogP contribution in [0.3, 0.4) is 0 Å². The minimum Gasteiger partial charge on any atom is -0.510 e. The molecule has 194 valence electrons. The van der Waals surface area contributed by atoms with Crippen molar-refractivity contribution >= 4 is 23.1 Å². The molecule has 0 saturated heterocycles. The van der Waals surface area contributed by atoms with Gasteiger partial charge in [-0.15, -0.1) is 0 Å². The number of phenols is 1. The minimum absolute atomic E-state index is 0.0379. The van der Waals surface area contributed by atoms with Crippen LogP contribution in [0.25, 0.3) is 0 Å². The summed E-state index contributed by atoms with van der Waals surface area (Å²) in [5, 5.41) is 62.1. The molecule has 36 heavy (non-hydrogen) atoms. The Labute approximate surface area is 207 Å². The number of ketones is 1. The van der Waals surface area contributed by atoms with E-state index in [9.17, 15) is 35.1 Å². The number of aliphatic hydroxyl groups is 4. The average Bonchev–Trinajstić information content (AvgIpc) is 3.03. The number of primary amides is 1. The van der Waals surface area contributed by atoms with E-state index in [-0.39, 0.29) is 29.0 Å². The molecule has 1 amide bonds. The molecule has 3 aliphatic carbocycles. The lowest BCUT2D eigenvalue weighted by Gasteiger charge is -2.60. The number of likely N-dealkylation sites (N-methyl/N-ethyl adjacent to an activating group) is 1. The van der Waals surface area contributed by atoms with Gasteiger partial charge in [-0.25, -0.2) is 0 Å². The Morgan fingerprint density at radius 1 is 1.14 bits per heavy atom. The van der Waals surface area contributed by atoms with Gasteiger partial charge in [-0.3, -0.25) is 19.9 Å². The van der Waals surface area contributed by atoms with Gasteiger partial charge in [0, 0.05) is 37.2 Å². The highest BCUT2D eigenvalue weighted by atomic mass is 16.4. The molecule has 12 nitrogen and oxygen atoms in total. The number of phenolic OH excluding ortho intramolecular Hbond substituents is 1. The van der Waals surface area contributed by atoms with Gasteiger partial charge in [0.05, 0.1) is 23.1 Å². The molecule has 5 rings (SSSR count). The summed E-state index contributed by atoms with van der Waals surface area (Å²) in [6.45, 7) is 1.50. The number of hydrazone groups is 1. The molecule has 1 aromatic rings. The first-order chi connectivity index (χ1) is 16.6. The predicted octanol–water partition coefficient (Wildman–Crippen LogP) is -1.27. The van der Waals surface area contributed by atoms with E-state index in [1.54, 1.807) is 44.1 Å². The van der Waals surface area contributed by atoms with Crippen molar-refractivity contribution in [3.63, 3.8) is 0 Å². The molecule has 0 aromatic heterocycles. The number of fused-ring (bicyclic) bond motifs is 3. The van der Waals surface area contributed by atoms with Crippen LogP contribution in [-0.2, 0) is 10.4 Å². The number of rotatable bonds is 3. The Hall–Kier alpha value is -3.19. The first kappa shape index (κ1) is 24.5. The molecule has 1 aromatic carbocycles. The van der Waals surface area contributed by atoms with Crippen molar-refractivity contribution in [3.8, 4) is 5.75 Å². The van der Waals surface area contributed by atoms with Crippen molar-refractivity contribution in [3.05, 3.63) is 34.6 Å². The first-order valence-electron chi connectivity index (χ1n) is 11.6. The van der Waals surface area contributed by atoms with Crippen molar-refractivity contribution in [2.75, 3.05) is 33.1 Å².